The van der Waals surface area contributed by atoms with Gasteiger partial charge in [-0.3, -0.25) is 9.59 Å². The molecule has 0 atom stereocenters. The van der Waals surface area contributed by atoms with Gasteiger partial charge in [0, 0.05) is 11.8 Å². The Kier molecular flexibility index (Phi) is 7.80. The highest BCUT2D eigenvalue weighted by atomic mass is 32.1. The van der Waals surface area contributed by atoms with Crippen LogP contribution in [0.4, 0.5) is 0 Å². The van der Waals surface area contributed by atoms with Gasteiger partial charge in [-0.1, -0.05) is 64.1 Å². The van der Waals surface area contributed by atoms with Crippen LogP contribution >= 0.6 is 11.3 Å². The van der Waals surface area contributed by atoms with Gasteiger partial charge in [0.1, 0.15) is 10.8 Å². The molecular formula is C26H29NO4S. The summed E-state index contributed by atoms with van der Waals surface area (Å²) in [6.07, 6.45) is 3.46. The largest absolute Gasteiger partial charge is 0.454 e. The zero-order valence-electron chi connectivity index (χ0n) is 19.0. The molecular weight excluding hydrogens is 422 g/mol. The number of ketones is 2. The van der Waals surface area contributed by atoms with Crippen molar-refractivity contribution in [2.24, 2.45) is 0 Å². The van der Waals surface area contributed by atoms with Crippen LogP contribution in [0.2, 0.25) is 0 Å². The van der Waals surface area contributed by atoms with Crippen LogP contribution in [0.15, 0.2) is 54.7 Å². The summed E-state index contributed by atoms with van der Waals surface area (Å²) >= 11 is 1.30. The zero-order valence-corrected chi connectivity index (χ0v) is 19.8. The van der Waals surface area contributed by atoms with E-state index in [4.69, 9.17) is 9.47 Å². The SMILES string of the molecule is CC.CC.O=C(c1ccccc1)c1cnc(CC(=O)C2(c3ccc4c(c3)OCO4)CC2)s1. The van der Waals surface area contributed by atoms with Crippen LogP contribution in [0.25, 0.3) is 0 Å². The predicted octanol–water partition coefficient (Wildman–Crippen LogP) is 6.00. The van der Waals surface area contributed by atoms with E-state index in [-0.39, 0.29) is 24.8 Å². The van der Waals surface area contributed by atoms with Gasteiger partial charge in [0.2, 0.25) is 12.6 Å². The minimum absolute atomic E-state index is 0.0614. The first-order valence-corrected chi connectivity index (χ1v) is 12.0. The topological polar surface area (TPSA) is 65.5 Å². The number of carbonyl (C=O) groups is 2. The molecule has 0 unspecified atom stereocenters. The minimum Gasteiger partial charge on any atom is -0.454 e. The summed E-state index contributed by atoms with van der Waals surface area (Å²) in [6, 6.07) is 14.8. The molecule has 1 aliphatic heterocycles. The van der Waals surface area contributed by atoms with Gasteiger partial charge in [-0.05, 0) is 30.5 Å². The third-order valence-corrected chi connectivity index (χ3v) is 6.33. The maximum atomic E-state index is 13.1. The molecule has 0 N–H and O–H groups in total. The van der Waals surface area contributed by atoms with Crippen LogP contribution in [-0.4, -0.2) is 23.3 Å². The Morgan fingerprint density at radius 3 is 2.34 bits per heavy atom. The average Bonchev–Trinajstić information content (AvgIpc) is 3.31. The monoisotopic (exact) mass is 451 g/mol. The van der Waals surface area contributed by atoms with Crippen molar-refractivity contribution < 1.29 is 19.1 Å². The zero-order chi connectivity index (χ0) is 23.1. The highest BCUT2D eigenvalue weighted by Gasteiger charge is 2.51. The molecule has 5 rings (SSSR count). The Bertz CT molecular complexity index is 1070. The first kappa shape index (κ1) is 23.7. The van der Waals surface area contributed by atoms with E-state index in [9.17, 15) is 9.59 Å². The fourth-order valence-electron chi connectivity index (χ4n) is 3.58. The lowest BCUT2D eigenvalue weighted by atomic mass is 9.89. The molecule has 1 aliphatic carbocycles. The van der Waals surface area contributed by atoms with E-state index < -0.39 is 5.41 Å². The summed E-state index contributed by atoms with van der Waals surface area (Å²) in [5.41, 5.74) is 1.14. The normalized spacial score (nSPS) is 14.4. The number of hydrogen-bond donors (Lipinski definition) is 0. The third kappa shape index (κ3) is 4.75. The van der Waals surface area contributed by atoms with Gasteiger partial charge in [0.05, 0.1) is 16.7 Å². The number of rotatable bonds is 6. The van der Waals surface area contributed by atoms with Crippen molar-refractivity contribution in [2.45, 2.75) is 52.4 Å². The molecule has 0 spiro atoms. The summed E-state index contributed by atoms with van der Waals surface area (Å²) in [7, 11) is 0. The van der Waals surface area contributed by atoms with Crippen LogP contribution in [0.3, 0.4) is 0 Å². The first-order valence-electron chi connectivity index (χ1n) is 11.1. The first-order chi connectivity index (χ1) is 15.7. The number of thiazole rings is 1. The van der Waals surface area contributed by atoms with E-state index in [0.717, 1.165) is 24.2 Å². The van der Waals surface area contributed by atoms with Crippen molar-refractivity contribution in [3.63, 3.8) is 0 Å². The number of Topliss-reactive ketones (excluding diaryl/α,β-unsaturated/α-hetero) is 1. The lowest BCUT2D eigenvalue weighted by Gasteiger charge is -2.14. The Morgan fingerprint density at radius 1 is 0.969 bits per heavy atom. The molecule has 1 aromatic heterocycles. The molecule has 0 amide bonds. The quantitative estimate of drug-likeness (QED) is 0.430. The standard InChI is InChI=1S/C22H17NO4S.2C2H6/c24-19(22(8-9-22)15-6-7-16-17(10-15)27-13-26-16)11-20-23-12-18(28-20)21(25)14-4-2-1-3-5-14;2*1-2/h1-7,10,12H,8-9,11,13H2;2*1-2H3. The number of benzene rings is 2. The average molecular weight is 452 g/mol. The molecule has 2 aliphatic rings. The summed E-state index contributed by atoms with van der Waals surface area (Å²) < 4.78 is 10.8. The lowest BCUT2D eigenvalue weighted by molar-refractivity contribution is -0.120. The molecule has 1 fully saturated rings. The Labute approximate surface area is 193 Å². The summed E-state index contributed by atoms with van der Waals surface area (Å²) in [4.78, 5) is 30.5. The van der Waals surface area contributed by atoms with E-state index in [1.54, 1.807) is 18.3 Å². The predicted molar refractivity (Wildman–Crippen MR) is 127 cm³/mol. The molecule has 168 valence electrons. The summed E-state index contributed by atoms with van der Waals surface area (Å²) in [6.45, 7) is 8.22. The molecule has 0 radical (unpaired) electrons. The van der Waals surface area contributed by atoms with Gasteiger partial charge < -0.3 is 9.47 Å². The molecule has 5 nitrogen and oxygen atoms in total. The number of aromatic nitrogens is 1. The molecule has 0 saturated heterocycles. The molecule has 3 aromatic rings. The second-order valence-electron chi connectivity index (χ2n) is 7.06. The molecule has 0 bridgehead atoms. The number of carbonyl (C=O) groups excluding carboxylic acids is 2. The summed E-state index contributed by atoms with van der Waals surface area (Å²) in [5.74, 6) is 1.49. The lowest BCUT2D eigenvalue weighted by Crippen LogP contribution is -2.22. The molecule has 2 heterocycles. The van der Waals surface area contributed by atoms with Gasteiger partial charge in [-0.25, -0.2) is 4.98 Å². The number of nitrogens with zero attached hydrogens (tertiary/aromatic N) is 1. The van der Waals surface area contributed by atoms with Crippen LogP contribution in [0.1, 0.15) is 66.3 Å². The highest BCUT2D eigenvalue weighted by Crippen LogP contribution is 2.51. The smallest absolute Gasteiger partial charge is 0.231 e. The van der Waals surface area contributed by atoms with Gasteiger partial charge >= 0.3 is 0 Å². The van der Waals surface area contributed by atoms with Crippen molar-refractivity contribution in [1.29, 1.82) is 0 Å². The van der Waals surface area contributed by atoms with Crippen molar-refractivity contribution in [2.75, 3.05) is 6.79 Å². The van der Waals surface area contributed by atoms with Crippen LogP contribution in [0, 0.1) is 0 Å². The van der Waals surface area contributed by atoms with Gasteiger partial charge in [-0.15, -0.1) is 11.3 Å². The van der Waals surface area contributed by atoms with E-state index >= 15 is 0 Å². The maximum Gasteiger partial charge on any atom is 0.231 e. The molecule has 6 heteroatoms. The number of fused-ring (bicyclic) bond motifs is 1. The van der Waals surface area contributed by atoms with Gasteiger partial charge in [-0.2, -0.15) is 0 Å². The molecule has 1 saturated carbocycles. The van der Waals surface area contributed by atoms with Crippen LogP contribution in [0.5, 0.6) is 11.5 Å². The summed E-state index contributed by atoms with van der Waals surface area (Å²) in [5, 5.41) is 0.677. The van der Waals surface area contributed by atoms with E-state index in [2.05, 4.69) is 4.98 Å². The van der Waals surface area contributed by atoms with Gasteiger partial charge in [0.15, 0.2) is 11.5 Å². The Morgan fingerprint density at radius 2 is 1.66 bits per heavy atom. The number of hydrogen-bond acceptors (Lipinski definition) is 6. The molecule has 32 heavy (non-hydrogen) atoms. The van der Waals surface area contributed by atoms with E-state index in [1.807, 2.05) is 64.1 Å². The highest BCUT2D eigenvalue weighted by molar-refractivity contribution is 7.13. The van der Waals surface area contributed by atoms with E-state index in [0.29, 0.717) is 21.2 Å². The fourth-order valence-corrected chi connectivity index (χ4v) is 4.46. The van der Waals surface area contributed by atoms with Crippen molar-refractivity contribution in [1.82, 2.24) is 4.98 Å². The van der Waals surface area contributed by atoms with Crippen molar-refractivity contribution in [3.05, 3.63) is 75.7 Å². The second kappa shape index (κ2) is 10.6. The number of ether oxygens (including phenoxy) is 2. The second-order valence-corrected chi connectivity index (χ2v) is 8.18. The van der Waals surface area contributed by atoms with Crippen molar-refractivity contribution in [3.8, 4) is 11.5 Å². The maximum absolute atomic E-state index is 13.1. The van der Waals surface area contributed by atoms with Crippen LogP contribution < -0.4 is 9.47 Å². The van der Waals surface area contributed by atoms with Crippen LogP contribution in [-0.2, 0) is 16.6 Å². The Balaban J connectivity index is 0.000000686. The van der Waals surface area contributed by atoms with E-state index in [1.165, 1.54) is 11.3 Å². The van der Waals surface area contributed by atoms with Crippen molar-refractivity contribution >= 4 is 22.9 Å². The fraction of sp³-hybridized carbons (Fsp3) is 0.346. The van der Waals surface area contributed by atoms with Gasteiger partial charge in [0.25, 0.3) is 0 Å². The minimum atomic E-state index is -0.462. The Hall–Kier alpha value is -2.99. The third-order valence-electron chi connectivity index (χ3n) is 5.33. The molecule has 2 aromatic carbocycles.